The second kappa shape index (κ2) is 3.33. The number of nitrogens with zero attached hydrogens (tertiary/aromatic N) is 2. The fraction of sp³-hybridized carbons (Fsp3) is 0.100. The van der Waals surface area contributed by atoms with Crippen molar-refractivity contribution in [2.45, 2.75) is 6.92 Å². The van der Waals surface area contributed by atoms with Gasteiger partial charge >= 0.3 is 0 Å². The van der Waals surface area contributed by atoms with Gasteiger partial charge in [-0.1, -0.05) is 11.6 Å². The highest BCUT2D eigenvalue weighted by Crippen LogP contribution is 2.31. The molecule has 2 nitrogen and oxygen atoms in total. The van der Waals surface area contributed by atoms with E-state index < -0.39 is 0 Å². The summed E-state index contributed by atoms with van der Waals surface area (Å²) in [4.78, 5) is 6.71. The molecule has 0 unspecified atom stereocenters. The van der Waals surface area contributed by atoms with E-state index in [0.29, 0.717) is 0 Å². The number of aryl methyl sites for hydroxylation is 1. The molecule has 15 heavy (non-hydrogen) atoms. The molecular formula is C10H7ClN2S2. The van der Waals surface area contributed by atoms with Gasteiger partial charge in [-0.3, -0.25) is 4.40 Å². The van der Waals surface area contributed by atoms with E-state index in [2.05, 4.69) is 27.9 Å². The molecule has 3 rings (SSSR count). The zero-order valence-electron chi connectivity index (χ0n) is 7.90. The van der Waals surface area contributed by atoms with Crippen LogP contribution in [-0.4, -0.2) is 9.38 Å². The Morgan fingerprint density at radius 3 is 2.93 bits per heavy atom. The van der Waals surface area contributed by atoms with Gasteiger partial charge in [-0.05, 0) is 19.1 Å². The molecule has 0 aliphatic rings. The van der Waals surface area contributed by atoms with Gasteiger partial charge in [0.2, 0.25) is 0 Å². The fourth-order valence-corrected chi connectivity index (χ4v) is 3.31. The predicted octanol–water partition coefficient (Wildman–Crippen LogP) is 4.09. The Labute approximate surface area is 99.8 Å². The molecule has 0 bridgehead atoms. The molecule has 0 aromatic carbocycles. The minimum atomic E-state index is 0.804. The van der Waals surface area contributed by atoms with Gasteiger partial charge in [0.1, 0.15) is 5.69 Å². The lowest BCUT2D eigenvalue weighted by atomic mass is 10.4. The zero-order valence-corrected chi connectivity index (χ0v) is 10.3. The first kappa shape index (κ1) is 9.39. The highest BCUT2D eigenvalue weighted by Gasteiger charge is 2.08. The molecular weight excluding hydrogens is 248 g/mol. The lowest BCUT2D eigenvalue weighted by Crippen LogP contribution is -1.77. The Morgan fingerprint density at radius 2 is 2.27 bits per heavy atom. The first-order chi connectivity index (χ1) is 7.24. The molecule has 0 saturated carbocycles. The summed E-state index contributed by atoms with van der Waals surface area (Å²) in [6, 6.07) is 3.91. The number of halogens is 1. The first-order valence-electron chi connectivity index (χ1n) is 4.43. The van der Waals surface area contributed by atoms with E-state index in [9.17, 15) is 0 Å². The monoisotopic (exact) mass is 254 g/mol. The molecule has 0 atom stereocenters. The number of thiophene rings is 1. The highest BCUT2D eigenvalue weighted by molar-refractivity contribution is 7.19. The third kappa shape index (κ3) is 1.49. The molecule has 0 saturated heterocycles. The molecule has 3 aromatic heterocycles. The van der Waals surface area contributed by atoms with Gasteiger partial charge in [0.25, 0.3) is 0 Å². The van der Waals surface area contributed by atoms with Crippen molar-refractivity contribution in [2.75, 3.05) is 0 Å². The molecule has 3 aromatic rings. The average molecular weight is 255 g/mol. The van der Waals surface area contributed by atoms with Crippen LogP contribution in [0.4, 0.5) is 0 Å². The van der Waals surface area contributed by atoms with Crippen molar-refractivity contribution >= 4 is 39.2 Å². The Hall–Kier alpha value is -0.840. The molecule has 0 radical (unpaired) electrons. The lowest BCUT2D eigenvalue weighted by molar-refractivity contribution is 1.13. The smallest absolute Gasteiger partial charge is 0.194 e. The van der Waals surface area contributed by atoms with E-state index in [-0.39, 0.29) is 0 Å². The van der Waals surface area contributed by atoms with Crippen molar-refractivity contribution in [3.05, 3.63) is 33.7 Å². The normalized spacial score (nSPS) is 11.3. The standard InChI is InChI=1S/C10H7ClN2S2/c1-6-5-14-10-12-7(4-13(6)10)8-2-3-9(11)15-8/h2-5H,1H3. The van der Waals surface area contributed by atoms with Crippen LogP contribution in [-0.2, 0) is 0 Å². The maximum Gasteiger partial charge on any atom is 0.194 e. The maximum absolute atomic E-state index is 5.90. The summed E-state index contributed by atoms with van der Waals surface area (Å²) in [6.45, 7) is 2.08. The lowest BCUT2D eigenvalue weighted by Gasteiger charge is -1.87. The van der Waals surface area contributed by atoms with Crippen molar-refractivity contribution in [1.29, 1.82) is 0 Å². The summed E-state index contributed by atoms with van der Waals surface area (Å²) < 4.78 is 2.91. The average Bonchev–Trinajstić information content (AvgIpc) is 2.84. The van der Waals surface area contributed by atoms with E-state index in [4.69, 9.17) is 11.6 Å². The fourth-order valence-electron chi connectivity index (χ4n) is 1.46. The van der Waals surface area contributed by atoms with Gasteiger partial charge < -0.3 is 0 Å². The van der Waals surface area contributed by atoms with Crippen molar-refractivity contribution in [3.8, 4) is 10.6 Å². The molecule has 0 N–H and O–H groups in total. The van der Waals surface area contributed by atoms with Crippen LogP contribution in [0.25, 0.3) is 15.5 Å². The molecule has 0 aliphatic heterocycles. The summed E-state index contributed by atoms with van der Waals surface area (Å²) in [5, 5.41) is 2.10. The van der Waals surface area contributed by atoms with Crippen LogP contribution in [0.5, 0.6) is 0 Å². The Bertz CT molecular complexity index is 620. The number of fused-ring (bicyclic) bond motifs is 1. The molecule has 5 heteroatoms. The van der Waals surface area contributed by atoms with Crippen molar-refractivity contribution < 1.29 is 0 Å². The van der Waals surface area contributed by atoms with Gasteiger partial charge in [-0.25, -0.2) is 4.98 Å². The summed E-state index contributed by atoms with van der Waals surface area (Å²) in [5.41, 5.74) is 2.22. The van der Waals surface area contributed by atoms with Crippen molar-refractivity contribution in [1.82, 2.24) is 9.38 Å². The van der Waals surface area contributed by atoms with Gasteiger partial charge in [0, 0.05) is 17.3 Å². The van der Waals surface area contributed by atoms with Crippen LogP contribution < -0.4 is 0 Å². The third-order valence-electron chi connectivity index (χ3n) is 2.21. The van der Waals surface area contributed by atoms with Crippen LogP contribution in [0.3, 0.4) is 0 Å². The summed E-state index contributed by atoms with van der Waals surface area (Å²) in [5.74, 6) is 0. The summed E-state index contributed by atoms with van der Waals surface area (Å²) in [7, 11) is 0. The van der Waals surface area contributed by atoms with Gasteiger partial charge in [-0.2, -0.15) is 0 Å². The molecule has 3 heterocycles. The second-order valence-corrected chi connectivity index (χ2v) is 5.81. The maximum atomic E-state index is 5.90. The van der Waals surface area contributed by atoms with Gasteiger partial charge in [0.05, 0.1) is 9.21 Å². The van der Waals surface area contributed by atoms with Crippen LogP contribution in [0.15, 0.2) is 23.7 Å². The number of hydrogen-bond donors (Lipinski definition) is 0. The van der Waals surface area contributed by atoms with E-state index in [1.165, 1.54) is 5.69 Å². The predicted molar refractivity (Wildman–Crippen MR) is 66.1 cm³/mol. The van der Waals surface area contributed by atoms with E-state index in [0.717, 1.165) is 19.9 Å². The number of rotatable bonds is 1. The van der Waals surface area contributed by atoms with E-state index in [1.54, 1.807) is 22.7 Å². The van der Waals surface area contributed by atoms with Crippen LogP contribution in [0, 0.1) is 6.92 Å². The summed E-state index contributed by atoms with van der Waals surface area (Å²) in [6.07, 6.45) is 2.06. The first-order valence-corrected chi connectivity index (χ1v) is 6.50. The van der Waals surface area contributed by atoms with E-state index in [1.807, 2.05) is 12.1 Å². The molecule has 0 amide bonds. The molecule has 0 spiro atoms. The van der Waals surface area contributed by atoms with Crippen LogP contribution in [0.2, 0.25) is 4.34 Å². The minimum Gasteiger partial charge on any atom is -0.294 e. The molecule has 76 valence electrons. The largest absolute Gasteiger partial charge is 0.294 e. The van der Waals surface area contributed by atoms with Crippen molar-refractivity contribution in [3.63, 3.8) is 0 Å². The number of aromatic nitrogens is 2. The molecule has 0 aliphatic carbocycles. The Morgan fingerprint density at radius 1 is 1.40 bits per heavy atom. The van der Waals surface area contributed by atoms with Crippen LogP contribution >= 0.6 is 34.3 Å². The topological polar surface area (TPSA) is 17.3 Å². The van der Waals surface area contributed by atoms with E-state index >= 15 is 0 Å². The summed E-state index contributed by atoms with van der Waals surface area (Å²) >= 11 is 9.12. The van der Waals surface area contributed by atoms with Crippen LogP contribution in [0.1, 0.15) is 5.69 Å². The van der Waals surface area contributed by atoms with Gasteiger partial charge in [-0.15, -0.1) is 22.7 Å². The number of hydrogen-bond acceptors (Lipinski definition) is 3. The van der Waals surface area contributed by atoms with Crippen molar-refractivity contribution in [2.24, 2.45) is 0 Å². The third-order valence-corrected chi connectivity index (χ3v) is 4.43. The minimum absolute atomic E-state index is 0.804. The Kier molecular flexibility index (Phi) is 2.09. The quantitative estimate of drug-likeness (QED) is 0.640. The SMILES string of the molecule is Cc1csc2nc(-c3ccc(Cl)s3)cn12. The molecule has 0 fully saturated rings. The van der Waals surface area contributed by atoms with Gasteiger partial charge in [0.15, 0.2) is 4.96 Å². The highest BCUT2D eigenvalue weighted by atomic mass is 35.5. The second-order valence-electron chi connectivity index (χ2n) is 3.26. The number of thiazole rings is 1. The zero-order chi connectivity index (χ0) is 10.4. The Balaban J connectivity index is 2.19. The number of imidazole rings is 1.